The smallest absolute Gasteiger partial charge is 0.129 e. The largest absolute Gasteiger partial charge is 0.358 e. The van der Waals surface area contributed by atoms with E-state index in [4.69, 9.17) is 4.74 Å². The molecule has 2 heteroatoms. The lowest BCUT2D eigenvalue weighted by Crippen LogP contribution is -2.34. The minimum Gasteiger partial charge on any atom is -0.358 e. The van der Waals surface area contributed by atoms with E-state index in [2.05, 4.69) is 60.7 Å². The first kappa shape index (κ1) is 15.3. The molecule has 1 aliphatic carbocycles. The summed E-state index contributed by atoms with van der Waals surface area (Å²) in [6.07, 6.45) is 8.06. The van der Waals surface area contributed by atoms with Gasteiger partial charge in [-0.3, -0.25) is 0 Å². The molecule has 0 N–H and O–H groups in total. The highest BCUT2D eigenvalue weighted by atomic mass is 32.2. The average Bonchev–Trinajstić information content (AvgIpc) is 2.96. The Labute approximate surface area is 143 Å². The van der Waals surface area contributed by atoms with Crippen molar-refractivity contribution in [3.05, 3.63) is 71.8 Å². The minimum absolute atomic E-state index is 0.127. The topological polar surface area (TPSA) is 9.23 Å². The lowest BCUT2D eigenvalue weighted by molar-refractivity contribution is 0.0187. The van der Waals surface area contributed by atoms with Gasteiger partial charge in [0.25, 0.3) is 0 Å². The highest BCUT2D eigenvalue weighted by Gasteiger charge is 2.50. The van der Waals surface area contributed by atoms with Crippen molar-refractivity contribution in [2.75, 3.05) is 0 Å². The molecule has 1 saturated heterocycles. The predicted molar refractivity (Wildman–Crippen MR) is 97.5 cm³/mol. The Morgan fingerprint density at radius 3 is 2.30 bits per heavy atom. The molecule has 0 spiro atoms. The van der Waals surface area contributed by atoms with E-state index in [0.717, 1.165) is 0 Å². The van der Waals surface area contributed by atoms with Crippen molar-refractivity contribution in [3.8, 4) is 0 Å². The number of hydrogen-bond acceptors (Lipinski definition) is 2. The van der Waals surface area contributed by atoms with Gasteiger partial charge in [-0.15, -0.1) is 11.8 Å². The van der Waals surface area contributed by atoms with Gasteiger partial charge in [0.05, 0.1) is 10.9 Å². The van der Waals surface area contributed by atoms with E-state index in [0.29, 0.717) is 6.10 Å². The number of fused-ring (bicyclic) bond motifs is 1. The molecular formula is C21H24OS. The Hall–Kier alpha value is -1.25. The van der Waals surface area contributed by atoms with Crippen molar-refractivity contribution in [2.24, 2.45) is 0 Å². The summed E-state index contributed by atoms with van der Waals surface area (Å²) in [4.78, 5) is 0. The zero-order valence-corrected chi connectivity index (χ0v) is 14.3. The first-order chi connectivity index (χ1) is 11.4. The summed E-state index contributed by atoms with van der Waals surface area (Å²) in [5.74, 6) is 0. The van der Waals surface area contributed by atoms with E-state index in [1.807, 2.05) is 11.8 Å². The maximum Gasteiger partial charge on any atom is 0.129 e. The minimum atomic E-state index is 0.127. The monoisotopic (exact) mass is 324 g/mol. The summed E-state index contributed by atoms with van der Waals surface area (Å²) in [7, 11) is 0. The van der Waals surface area contributed by atoms with E-state index in [1.165, 1.54) is 49.7 Å². The molecule has 0 aromatic heterocycles. The second-order valence-corrected chi connectivity index (χ2v) is 8.09. The van der Waals surface area contributed by atoms with Crippen molar-refractivity contribution in [1.29, 1.82) is 0 Å². The summed E-state index contributed by atoms with van der Waals surface area (Å²) in [5, 5.41) is 0. The van der Waals surface area contributed by atoms with Crippen LogP contribution in [-0.2, 0) is 9.48 Å². The maximum absolute atomic E-state index is 6.61. The van der Waals surface area contributed by atoms with Crippen LogP contribution in [0.25, 0.3) is 0 Å². The van der Waals surface area contributed by atoms with E-state index in [9.17, 15) is 0 Å². The van der Waals surface area contributed by atoms with Gasteiger partial charge < -0.3 is 4.74 Å². The quantitative estimate of drug-likeness (QED) is 0.663. The molecular weight excluding hydrogens is 300 g/mol. The standard InChI is InChI=1S/C21H24OS/c1-2-10-16-21(18-13-7-4-8-14-18)19(15-9-1)22-20(23-21)17-11-5-3-6-12-17/h3-8,11-14,19-20H,1-2,9-10,15-16H2. The van der Waals surface area contributed by atoms with Gasteiger partial charge in [0.1, 0.15) is 5.44 Å². The molecule has 4 rings (SSSR count). The zero-order valence-electron chi connectivity index (χ0n) is 13.5. The molecule has 3 atom stereocenters. The van der Waals surface area contributed by atoms with Crippen molar-refractivity contribution in [1.82, 2.24) is 0 Å². The van der Waals surface area contributed by atoms with Gasteiger partial charge in [-0.2, -0.15) is 0 Å². The fourth-order valence-electron chi connectivity index (χ4n) is 4.02. The summed E-state index contributed by atoms with van der Waals surface area (Å²) in [5.41, 5.74) is 2.93. The van der Waals surface area contributed by atoms with Crippen LogP contribution in [0.15, 0.2) is 60.7 Å². The lowest BCUT2D eigenvalue weighted by Gasteiger charge is -2.35. The number of benzene rings is 2. The lowest BCUT2D eigenvalue weighted by atomic mass is 9.82. The third-order valence-corrected chi connectivity index (χ3v) is 6.94. The molecule has 1 heterocycles. The Bertz CT molecular complexity index is 627. The number of ether oxygens (including phenoxy) is 1. The van der Waals surface area contributed by atoms with Crippen molar-refractivity contribution < 1.29 is 4.74 Å². The van der Waals surface area contributed by atoms with E-state index < -0.39 is 0 Å². The fraction of sp³-hybridized carbons (Fsp3) is 0.429. The fourth-order valence-corrected chi connectivity index (χ4v) is 5.75. The Morgan fingerprint density at radius 1 is 0.826 bits per heavy atom. The van der Waals surface area contributed by atoms with Gasteiger partial charge in [-0.05, 0) is 24.0 Å². The average molecular weight is 324 g/mol. The SMILES string of the molecule is c1ccc(C2OC3CCCCCCC3(c3ccccc3)S2)cc1. The zero-order chi connectivity index (χ0) is 15.5. The van der Waals surface area contributed by atoms with Crippen LogP contribution in [-0.4, -0.2) is 6.10 Å². The second kappa shape index (κ2) is 6.70. The Morgan fingerprint density at radius 2 is 1.52 bits per heavy atom. The number of thioether (sulfide) groups is 1. The summed E-state index contributed by atoms with van der Waals surface area (Å²) >= 11 is 2.05. The number of hydrogen-bond donors (Lipinski definition) is 0. The van der Waals surface area contributed by atoms with Gasteiger partial charge >= 0.3 is 0 Å². The highest BCUT2D eigenvalue weighted by molar-refractivity contribution is 8.00. The molecule has 0 radical (unpaired) electrons. The molecule has 3 unspecified atom stereocenters. The van der Waals surface area contributed by atoms with E-state index in [-0.39, 0.29) is 10.2 Å². The predicted octanol–water partition coefficient (Wildman–Crippen LogP) is 6.07. The van der Waals surface area contributed by atoms with Gasteiger partial charge in [0.2, 0.25) is 0 Å². The van der Waals surface area contributed by atoms with E-state index >= 15 is 0 Å². The van der Waals surface area contributed by atoms with Crippen molar-refractivity contribution >= 4 is 11.8 Å². The van der Waals surface area contributed by atoms with E-state index in [1.54, 1.807) is 0 Å². The van der Waals surface area contributed by atoms with Crippen molar-refractivity contribution in [2.45, 2.75) is 54.8 Å². The van der Waals surface area contributed by atoms with Gasteiger partial charge in [-0.25, -0.2) is 0 Å². The van der Waals surface area contributed by atoms with Crippen LogP contribution >= 0.6 is 11.8 Å². The second-order valence-electron chi connectivity index (χ2n) is 6.69. The first-order valence-electron chi connectivity index (χ1n) is 8.82. The van der Waals surface area contributed by atoms with Crippen LogP contribution in [0.4, 0.5) is 0 Å². The summed E-state index contributed by atoms with van der Waals surface area (Å²) in [6.45, 7) is 0. The highest BCUT2D eigenvalue weighted by Crippen LogP contribution is 2.60. The molecule has 1 nitrogen and oxygen atoms in total. The Balaban J connectivity index is 1.71. The molecule has 120 valence electrons. The summed E-state index contributed by atoms with van der Waals surface area (Å²) in [6, 6.07) is 21.8. The Kier molecular flexibility index (Phi) is 4.46. The molecule has 0 amide bonds. The van der Waals surface area contributed by atoms with Crippen LogP contribution in [0.5, 0.6) is 0 Å². The molecule has 0 bridgehead atoms. The molecule has 1 saturated carbocycles. The van der Waals surface area contributed by atoms with Crippen LogP contribution in [0.3, 0.4) is 0 Å². The van der Waals surface area contributed by atoms with Crippen molar-refractivity contribution in [3.63, 3.8) is 0 Å². The van der Waals surface area contributed by atoms with Crippen LogP contribution in [0.2, 0.25) is 0 Å². The van der Waals surface area contributed by atoms with Gasteiger partial charge in [0.15, 0.2) is 0 Å². The summed E-state index contributed by atoms with van der Waals surface area (Å²) < 4.78 is 6.73. The van der Waals surface area contributed by atoms with Gasteiger partial charge in [-0.1, -0.05) is 86.3 Å². The third kappa shape index (κ3) is 2.95. The van der Waals surface area contributed by atoms with Crippen LogP contribution < -0.4 is 0 Å². The molecule has 2 fully saturated rings. The molecule has 23 heavy (non-hydrogen) atoms. The molecule has 1 aliphatic heterocycles. The van der Waals surface area contributed by atoms with Crippen LogP contribution in [0.1, 0.15) is 55.1 Å². The maximum atomic E-state index is 6.61. The number of rotatable bonds is 2. The van der Waals surface area contributed by atoms with Crippen LogP contribution in [0, 0.1) is 0 Å². The normalized spacial score (nSPS) is 31.1. The molecule has 2 aromatic rings. The third-order valence-electron chi connectivity index (χ3n) is 5.22. The first-order valence-corrected chi connectivity index (χ1v) is 9.70. The molecule has 2 aromatic carbocycles. The van der Waals surface area contributed by atoms with Gasteiger partial charge in [0, 0.05) is 0 Å². The molecule has 2 aliphatic rings.